The van der Waals surface area contributed by atoms with E-state index in [4.69, 9.17) is 34.9 Å². The molecule has 0 amide bonds. The molecule has 0 atom stereocenters. The minimum Gasteiger partial charge on any atom is -0.309 e. The summed E-state index contributed by atoms with van der Waals surface area (Å²) in [5.41, 5.74) is 15.0. The molecule has 8 aromatic heterocycles. The van der Waals surface area contributed by atoms with E-state index < -0.39 is 0 Å². The lowest BCUT2D eigenvalue weighted by molar-refractivity contribution is 1.05. The Hall–Kier alpha value is -12.1. The molecular weight excluding hydrogens is 1060 g/mol. The molecule has 0 fully saturated rings. The quantitative estimate of drug-likeness (QED) is 0.129. The fraction of sp³-hybridized carbons (Fsp3) is 0. The van der Waals surface area contributed by atoms with Gasteiger partial charge in [0, 0.05) is 97.9 Å². The van der Waals surface area contributed by atoms with E-state index in [0.717, 1.165) is 56.3 Å². The third-order valence-corrected chi connectivity index (χ3v) is 15.0. The summed E-state index contributed by atoms with van der Waals surface area (Å²) in [6.07, 6.45) is 10.7. The van der Waals surface area contributed by atoms with Gasteiger partial charge in [-0.05, 0) is 103 Å². The number of aromatic nitrogens is 13. The number of para-hydroxylation sites is 4. The van der Waals surface area contributed by atoms with Crippen molar-refractivity contribution in [3.8, 4) is 102 Å². The molecule has 0 aliphatic rings. The van der Waals surface area contributed by atoms with E-state index in [-0.39, 0.29) is 0 Å². The summed E-state index contributed by atoms with van der Waals surface area (Å²) >= 11 is 0. The van der Waals surface area contributed by atoms with Crippen LogP contribution >= 0.6 is 0 Å². The van der Waals surface area contributed by atoms with Crippen LogP contribution in [0.25, 0.3) is 146 Å². The van der Waals surface area contributed by atoms with Gasteiger partial charge in [-0.25, -0.2) is 44.9 Å². The number of rotatable bonds is 10. The molecule has 0 N–H and O–H groups in total. The van der Waals surface area contributed by atoms with E-state index in [9.17, 15) is 0 Å². The van der Waals surface area contributed by atoms with Crippen molar-refractivity contribution in [1.29, 1.82) is 0 Å². The molecule has 8 aromatic carbocycles. The molecule has 8 heterocycles. The predicted molar refractivity (Wildman–Crippen MR) is 341 cm³/mol. The highest BCUT2D eigenvalue weighted by Gasteiger charge is 2.18. The molecule has 0 saturated heterocycles. The number of hydrogen-bond donors (Lipinski definition) is 0. The van der Waals surface area contributed by atoms with Crippen molar-refractivity contribution in [1.82, 2.24) is 64.0 Å². The Labute approximate surface area is 493 Å². The second-order valence-corrected chi connectivity index (χ2v) is 20.4. The first-order valence-corrected chi connectivity index (χ1v) is 28.1. The van der Waals surface area contributed by atoms with Crippen LogP contribution in [-0.2, 0) is 0 Å². The summed E-state index contributed by atoms with van der Waals surface area (Å²) in [6, 6.07) is 84.0. The van der Waals surface area contributed by atoms with Gasteiger partial charge in [-0.15, -0.1) is 0 Å². The average Bonchev–Trinajstić information content (AvgIpc) is 3.52. The highest BCUT2D eigenvalue weighted by atomic mass is 15.1. The summed E-state index contributed by atoms with van der Waals surface area (Å²) in [5, 5.41) is 4.96. The van der Waals surface area contributed by atoms with Gasteiger partial charge in [-0.3, -0.25) is 9.97 Å². The van der Waals surface area contributed by atoms with E-state index in [1.807, 2.05) is 116 Å². The van der Waals surface area contributed by atoms with Gasteiger partial charge in [0.15, 0.2) is 34.9 Å². The molecule has 0 aliphatic carbocycles. The molecular formula is C73H47N13. The third kappa shape index (κ3) is 9.82. The third-order valence-electron chi connectivity index (χ3n) is 15.0. The van der Waals surface area contributed by atoms with E-state index in [0.29, 0.717) is 46.2 Å². The van der Waals surface area contributed by atoms with Crippen LogP contribution in [0.2, 0.25) is 0 Å². The standard InChI is InChI=1S/C37H24N6.C36H23N7/c1-2-10-25(11-3-1)37-41-32(22-33(42-37)31-14-8-9-21-38-31)27-23-39-36(40-24-27)26-17-19-28(20-18-26)43-34-15-6-4-12-29(34)30-13-5-7-16-35(30)43;1-2-10-24(11-3-1)34-40-35(42-36(41-34)30-14-8-9-21-37-30)26-22-38-33(39-23-26)25-17-19-27(20-18-25)43-31-15-6-4-12-28(31)29-13-5-7-16-32(29)43/h1-24H;1-23H. The van der Waals surface area contributed by atoms with Crippen molar-refractivity contribution in [3.05, 3.63) is 286 Å². The van der Waals surface area contributed by atoms with Crippen LogP contribution < -0.4 is 0 Å². The number of benzene rings is 8. The fourth-order valence-electron chi connectivity index (χ4n) is 10.9. The van der Waals surface area contributed by atoms with Crippen LogP contribution in [0.1, 0.15) is 0 Å². The zero-order chi connectivity index (χ0) is 57.2. The maximum atomic E-state index is 4.87. The van der Waals surface area contributed by atoms with Gasteiger partial charge in [0.25, 0.3) is 0 Å². The molecule has 16 aromatic rings. The number of nitrogens with zero attached hydrogens (tertiary/aromatic N) is 13. The van der Waals surface area contributed by atoms with Crippen molar-refractivity contribution in [3.63, 3.8) is 0 Å². The normalized spacial score (nSPS) is 11.3. The molecule has 0 unspecified atom stereocenters. The van der Waals surface area contributed by atoms with Gasteiger partial charge in [-0.2, -0.15) is 0 Å². The van der Waals surface area contributed by atoms with E-state index in [2.05, 4.69) is 175 Å². The lowest BCUT2D eigenvalue weighted by Crippen LogP contribution is -2.01. The highest BCUT2D eigenvalue weighted by molar-refractivity contribution is 6.10. The van der Waals surface area contributed by atoms with E-state index in [1.54, 1.807) is 24.8 Å². The zero-order valence-electron chi connectivity index (χ0n) is 45.9. The summed E-state index contributed by atoms with van der Waals surface area (Å²) in [6.45, 7) is 0. The van der Waals surface area contributed by atoms with Crippen molar-refractivity contribution >= 4 is 43.6 Å². The molecule has 86 heavy (non-hydrogen) atoms. The molecule has 0 saturated carbocycles. The smallest absolute Gasteiger partial charge is 0.182 e. The number of pyridine rings is 2. The van der Waals surface area contributed by atoms with E-state index >= 15 is 0 Å². The first-order valence-electron chi connectivity index (χ1n) is 28.1. The van der Waals surface area contributed by atoms with Crippen LogP contribution in [0.15, 0.2) is 286 Å². The molecule has 16 rings (SSSR count). The summed E-state index contributed by atoms with van der Waals surface area (Å²) in [5.74, 6) is 3.45. The minimum atomic E-state index is 0.489. The van der Waals surface area contributed by atoms with Crippen LogP contribution in [0.5, 0.6) is 0 Å². The van der Waals surface area contributed by atoms with Gasteiger partial charge in [0.1, 0.15) is 5.69 Å². The van der Waals surface area contributed by atoms with Crippen molar-refractivity contribution in [2.45, 2.75) is 0 Å². The summed E-state index contributed by atoms with van der Waals surface area (Å²) in [4.78, 5) is 51.7. The predicted octanol–water partition coefficient (Wildman–Crippen LogP) is 16.2. The minimum absolute atomic E-state index is 0.489. The van der Waals surface area contributed by atoms with Gasteiger partial charge < -0.3 is 9.13 Å². The lowest BCUT2D eigenvalue weighted by Gasteiger charge is -2.10. The Bertz CT molecular complexity index is 4520. The second-order valence-electron chi connectivity index (χ2n) is 20.4. The molecule has 404 valence electrons. The molecule has 0 bridgehead atoms. The Balaban J connectivity index is 0.000000145. The molecule has 13 heteroatoms. The molecule has 0 radical (unpaired) electrons. The topological polar surface area (TPSA) is 152 Å². The second kappa shape index (κ2) is 22.3. The Morgan fingerprint density at radius 1 is 0.209 bits per heavy atom. The number of fused-ring (bicyclic) bond motifs is 6. The van der Waals surface area contributed by atoms with Gasteiger partial charge in [-0.1, -0.05) is 146 Å². The Kier molecular flexibility index (Phi) is 13.2. The fourth-order valence-corrected chi connectivity index (χ4v) is 10.9. The Morgan fingerprint density at radius 3 is 1.00 bits per heavy atom. The highest BCUT2D eigenvalue weighted by Crippen LogP contribution is 2.35. The largest absolute Gasteiger partial charge is 0.309 e. The van der Waals surface area contributed by atoms with Crippen molar-refractivity contribution in [2.24, 2.45) is 0 Å². The monoisotopic (exact) mass is 1110 g/mol. The summed E-state index contributed by atoms with van der Waals surface area (Å²) < 4.78 is 4.60. The SMILES string of the molecule is c1ccc(-c2nc(-c3cnc(-c4ccc(-n5c6ccccc6c6ccccc65)cc4)nc3)cc(-c3ccccn3)n2)cc1.c1ccc(-c2nc(-c3cnc(-c4ccc(-n5c6ccccc6c6ccccc65)cc4)nc3)nc(-c3ccccn3)n2)cc1. The van der Waals surface area contributed by atoms with Gasteiger partial charge in [0.2, 0.25) is 0 Å². The molecule has 0 aliphatic heterocycles. The molecule has 0 spiro atoms. The molecule has 13 nitrogen and oxygen atoms in total. The average molecular weight is 1110 g/mol. The van der Waals surface area contributed by atoms with Crippen LogP contribution in [0.4, 0.5) is 0 Å². The van der Waals surface area contributed by atoms with Crippen molar-refractivity contribution in [2.75, 3.05) is 0 Å². The lowest BCUT2D eigenvalue weighted by atomic mass is 10.1. The van der Waals surface area contributed by atoms with Crippen LogP contribution in [0.3, 0.4) is 0 Å². The van der Waals surface area contributed by atoms with Gasteiger partial charge in [0.05, 0.1) is 44.7 Å². The first-order chi connectivity index (χ1) is 42.6. The first kappa shape index (κ1) is 50.8. The zero-order valence-corrected chi connectivity index (χ0v) is 45.9. The van der Waals surface area contributed by atoms with Gasteiger partial charge >= 0.3 is 0 Å². The summed E-state index contributed by atoms with van der Waals surface area (Å²) in [7, 11) is 0. The maximum Gasteiger partial charge on any atom is 0.182 e. The van der Waals surface area contributed by atoms with Crippen LogP contribution in [-0.4, -0.2) is 64.0 Å². The van der Waals surface area contributed by atoms with Crippen molar-refractivity contribution < 1.29 is 0 Å². The Morgan fingerprint density at radius 2 is 0.558 bits per heavy atom. The van der Waals surface area contributed by atoms with E-state index in [1.165, 1.54) is 43.6 Å². The number of hydrogen-bond acceptors (Lipinski definition) is 11. The van der Waals surface area contributed by atoms with Crippen LogP contribution in [0, 0.1) is 0 Å². The maximum absolute atomic E-state index is 4.87.